The minimum atomic E-state index is -0.179. The van der Waals surface area contributed by atoms with Crippen molar-refractivity contribution in [2.45, 2.75) is 12.5 Å². The van der Waals surface area contributed by atoms with Gasteiger partial charge in [-0.15, -0.1) is 11.3 Å². The van der Waals surface area contributed by atoms with E-state index in [2.05, 4.69) is 22.0 Å². The maximum Gasteiger partial charge on any atom is 0.0468 e. The first-order valence-corrected chi connectivity index (χ1v) is 7.43. The fraction of sp³-hybridized carbons (Fsp3) is 0.167. The predicted molar refractivity (Wildman–Crippen MR) is 79.1 cm³/mol. The van der Waals surface area contributed by atoms with Crippen LogP contribution in [0.3, 0.4) is 0 Å². The van der Waals surface area contributed by atoms with E-state index in [9.17, 15) is 0 Å². The zero-order valence-electron chi connectivity index (χ0n) is 8.79. The van der Waals surface area contributed by atoms with E-state index in [0.717, 1.165) is 16.5 Å². The van der Waals surface area contributed by atoms with Gasteiger partial charge in [0.2, 0.25) is 0 Å². The number of rotatable bonds is 3. The summed E-state index contributed by atoms with van der Waals surface area (Å²) in [7, 11) is 0. The highest BCUT2D eigenvalue weighted by atomic mass is 79.9. The Hall–Kier alpha value is -0.0600. The molecule has 2 aromatic rings. The smallest absolute Gasteiger partial charge is 0.0468 e. The summed E-state index contributed by atoms with van der Waals surface area (Å²) in [5.74, 6) is 0. The molecular formula is C12H10BrCl2NS. The Balaban J connectivity index is 2.22. The first-order valence-electron chi connectivity index (χ1n) is 5.00. The predicted octanol–water partition coefficient (Wildman–Crippen LogP) is 5.06. The Morgan fingerprint density at radius 2 is 1.94 bits per heavy atom. The van der Waals surface area contributed by atoms with E-state index in [-0.39, 0.29) is 6.04 Å². The fourth-order valence-electron chi connectivity index (χ4n) is 1.64. The average molecular weight is 351 g/mol. The van der Waals surface area contributed by atoms with E-state index >= 15 is 0 Å². The van der Waals surface area contributed by atoms with Gasteiger partial charge in [0, 0.05) is 42.8 Å². The largest absolute Gasteiger partial charge is 0.324 e. The van der Waals surface area contributed by atoms with Gasteiger partial charge in [-0.2, -0.15) is 0 Å². The molecule has 0 fully saturated rings. The highest BCUT2D eigenvalue weighted by Crippen LogP contribution is 2.32. The van der Waals surface area contributed by atoms with Gasteiger partial charge in [0.25, 0.3) is 0 Å². The molecule has 1 aromatic heterocycles. The monoisotopic (exact) mass is 349 g/mol. The number of hydrogen-bond donors (Lipinski definition) is 1. The lowest BCUT2D eigenvalue weighted by Crippen LogP contribution is -2.13. The van der Waals surface area contributed by atoms with Gasteiger partial charge in [0.1, 0.15) is 0 Å². The van der Waals surface area contributed by atoms with E-state index in [1.165, 1.54) is 4.88 Å². The lowest BCUT2D eigenvalue weighted by Gasteiger charge is -2.14. The van der Waals surface area contributed by atoms with Crippen LogP contribution in [-0.2, 0) is 6.42 Å². The molecular weight excluding hydrogens is 341 g/mol. The van der Waals surface area contributed by atoms with E-state index in [1.807, 2.05) is 23.6 Å². The Bertz CT molecular complexity index is 507. The molecule has 90 valence electrons. The average Bonchev–Trinajstić information content (AvgIpc) is 2.63. The molecule has 1 nitrogen and oxygen atoms in total. The molecule has 1 heterocycles. The van der Waals surface area contributed by atoms with Crippen molar-refractivity contribution in [3.63, 3.8) is 0 Å². The number of nitrogens with two attached hydrogens (primary N) is 1. The first kappa shape index (κ1) is 13.4. The van der Waals surface area contributed by atoms with Crippen LogP contribution in [-0.4, -0.2) is 0 Å². The van der Waals surface area contributed by atoms with Crippen molar-refractivity contribution in [3.05, 3.63) is 54.6 Å². The molecule has 0 spiro atoms. The SMILES string of the molecule is NC(Cc1cc(Br)cs1)c1c(Cl)cccc1Cl. The number of halogens is 3. The molecule has 0 radical (unpaired) electrons. The lowest BCUT2D eigenvalue weighted by atomic mass is 10.0. The normalized spacial score (nSPS) is 12.7. The molecule has 0 saturated heterocycles. The molecule has 1 atom stereocenters. The molecule has 0 bridgehead atoms. The highest BCUT2D eigenvalue weighted by molar-refractivity contribution is 9.10. The van der Waals surface area contributed by atoms with Crippen LogP contribution in [0.5, 0.6) is 0 Å². The minimum Gasteiger partial charge on any atom is -0.324 e. The lowest BCUT2D eigenvalue weighted by molar-refractivity contribution is 0.730. The van der Waals surface area contributed by atoms with Crippen molar-refractivity contribution >= 4 is 50.5 Å². The van der Waals surface area contributed by atoms with Crippen LogP contribution < -0.4 is 5.73 Å². The van der Waals surface area contributed by atoms with Crippen LogP contribution in [0.1, 0.15) is 16.5 Å². The summed E-state index contributed by atoms with van der Waals surface area (Å²) in [5, 5.41) is 3.29. The zero-order valence-corrected chi connectivity index (χ0v) is 12.7. The molecule has 2 rings (SSSR count). The van der Waals surface area contributed by atoms with Crippen LogP contribution in [0, 0.1) is 0 Å². The second kappa shape index (κ2) is 5.72. The zero-order chi connectivity index (χ0) is 12.4. The van der Waals surface area contributed by atoms with Gasteiger partial charge in [0.15, 0.2) is 0 Å². The van der Waals surface area contributed by atoms with Gasteiger partial charge >= 0.3 is 0 Å². The topological polar surface area (TPSA) is 26.0 Å². The Morgan fingerprint density at radius 1 is 1.29 bits per heavy atom. The molecule has 1 unspecified atom stereocenters. The van der Waals surface area contributed by atoms with E-state index in [0.29, 0.717) is 10.0 Å². The summed E-state index contributed by atoms with van der Waals surface area (Å²) >= 11 is 17.3. The van der Waals surface area contributed by atoms with Gasteiger partial charge in [0.05, 0.1) is 0 Å². The van der Waals surface area contributed by atoms with Crippen molar-refractivity contribution in [2.75, 3.05) is 0 Å². The first-order chi connectivity index (χ1) is 8.08. The van der Waals surface area contributed by atoms with Crippen LogP contribution in [0.4, 0.5) is 0 Å². The maximum atomic E-state index is 6.16. The van der Waals surface area contributed by atoms with Crippen LogP contribution in [0.25, 0.3) is 0 Å². The summed E-state index contributed by atoms with van der Waals surface area (Å²) in [5.41, 5.74) is 6.98. The third-order valence-corrected chi connectivity index (χ3v) is 4.79. The third-order valence-electron chi connectivity index (χ3n) is 2.41. The van der Waals surface area contributed by atoms with E-state index < -0.39 is 0 Å². The molecule has 0 aliphatic heterocycles. The van der Waals surface area contributed by atoms with Gasteiger partial charge in [-0.1, -0.05) is 29.3 Å². The second-order valence-corrected chi connectivity index (χ2v) is 6.40. The molecule has 0 amide bonds. The van der Waals surface area contributed by atoms with E-state index in [1.54, 1.807) is 11.3 Å². The summed E-state index contributed by atoms with van der Waals surface area (Å²) < 4.78 is 1.08. The number of benzene rings is 1. The Kier molecular flexibility index (Phi) is 4.50. The molecule has 1 aromatic carbocycles. The quantitative estimate of drug-likeness (QED) is 0.822. The summed E-state index contributed by atoms with van der Waals surface area (Å²) in [6, 6.07) is 7.33. The Labute approximate surface area is 123 Å². The van der Waals surface area contributed by atoms with Crippen molar-refractivity contribution in [2.24, 2.45) is 5.73 Å². The molecule has 5 heteroatoms. The maximum absolute atomic E-state index is 6.16. The molecule has 17 heavy (non-hydrogen) atoms. The van der Waals surface area contributed by atoms with E-state index in [4.69, 9.17) is 28.9 Å². The third kappa shape index (κ3) is 3.24. The Morgan fingerprint density at radius 3 is 2.47 bits per heavy atom. The van der Waals surface area contributed by atoms with Gasteiger partial charge in [-0.05, 0) is 34.1 Å². The summed E-state index contributed by atoms with van der Waals surface area (Å²) in [6.45, 7) is 0. The number of hydrogen-bond acceptors (Lipinski definition) is 2. The van der Waals surface area contributed by atoms with Crippen LogP contribution in [0.15, 0.2) is 34.1 Å². The summed E-state index contributed by atoms with van der Waals surface area (Å²) in [6.07, 6.45) is 0.736. The molecule has 0 saturated carbocycles. The molecule has 0 aliphatic carbocycles. The second-order valence-electron chi connectivity index (χ2n) is 3.68. The summed E-state index contributed by atoms with van der Waals surface area (Å²) in [4.78, 5) is 1.21. The molecule has 2 N–H and O–H groups in total. The van der Waals surface area contributed by atoms with Gasteiger partial charge in [-0.3, -0.25) is 0 Å². The van der Waals surface area contributed by atoms with Crippen molar-refractivity contribution in [1.29, 1.82) is 0 Å². The fourth-order valence-corrected chi connectivity index (χ4v) is 3.83. The van der Waals surface area contributed by atoms with Crippen LogP contribution >= 0.6 is 50.5 Å². The minimum absolute atomic E-state index is 0.179. The van der Waals surface area contributed by atoms with Gasteiger partial charge in [-0.25, -0.2) is 0 Å². The van der Waals surface area contributed by atoms with Crippen molar-refractivity contribution < 1.29 is 0 Å². The van der Waals surface area contributed by atoms with Gasteiger partial charge < -0.3 is 5.73 Å². The number of thiophene rings is 1. The standard InChI is InChI=1S/C12H10BrCl2NS/c13-7-4-8(17-6-7)5-11(16)12-9(14)2-1-3-10(12)15/h1-4,6,11H,5,16H2. The highest BCUT2D eigenvalue weighted by Gasteiger charge is 2.15. The van der Waals surface area contributed by atoms with Crippen molar-refractivity contribution in [1.82, 2.24) is 0 Å². The molecule has 0 aliphatic rings. The van der Waals surface area contributed by atoms with Crippen LogP contribution in [0.2, 0.25) is 10.0 Å². The van der Waals surface area contributed by atoms with Crippen molar-refractivity contribution in [3.8, 4) is 0 Å².